The molecular weight excluding hydrogens is 222 g/mol. The van der Waals surface area contributed by atoms with Gasteiger partial charge in [0.15, 0.2) is 0 Å². The van der Waals surface area contributed by atoms with Gasteiger partial charge in [0.2, 0.25) is 0 Å². The first kappa shape index (κ1) is 13.2. The molecule has 0 unspecified atom stereocenters. The maximum Gasteiger partial charge on any atom is 0.363 e. The molecule has 0 bridgehead atoms. The van der Waals surface area contributed by atoms with Crippen LogP contribution in [0, 0.1) is 13.8 Å². The van der Waals surface area contributed by atoms with Gasteiger partial charge in [-0.3, -0.25) is 4.79 Å². The molecule has 0 spiro atoms. The molecule has 1 amide bonds. The van der Waals surface area contributed by atoms with Crippen molar-refractivity contribution in [1.29, 1.82) is 0 Å². The van der Waals surface area contributed by atoms with E-state index in [1.54, 1.807) is 13.0 Å². The Morgan fingerprint density at radius 1 is 1.29 bits per heavy atom. The lowest BCUT2D eigenvalue weighted by molar-refractivity contribution is -0.133. The molecule has 0 saturated heterocycles. The van der Waals surface area contributed by atoms with Gasteiger partial charge < -0.3 is 9.57 Å². The van der Waals surface area contributed by atoms with Crippen molar-refractivity contribution in [3.8, 4) is 0 Å². The second kappa shape index (κ2) is 6.00. The standard InChI is InChI=1S/C12H15NO4/c1-8-4-5-9(2)10(6-8)12(15)17-13-11(14)7-16-3/h4-6H,7H2,1-3H3,(H,13,14). The number of carbonyl (C=O) groups excluding carboxylic acids is 2. The summed E-state index contributed by atoms with van der Waals surface area (Å²) in [6, 6.07) is 5.43. The average Bonchev–Trinajstić information content (AvgIpc) is 2.29. The Kier molecular flexibility index (Phi) is 4.66. The first-order valence-electron chi connectivity index (χ1n) is 5.11. The Bertz CT molecular complexity index is 429. The van der Waals surface area contributed by atoms with Gasteiger partial charge in [-0.2, -0.15) is 5.48 Å². The van der Waals surface area contributed by atoms with E-state index in [0.29, 0.717) is 5.56 Å². The third kappa shape index (κ3) is 3.88. The quantitative estimate of drug-likeness (QED) is 0.800. The number of methoxy groups -OCH3 is 1. The molecule has 0 aromatic heterocycles. The number of aryl methyl sites for hydroxylation is 2. The van der Waals surface area contributed by atoms with E-state index in [0.717, 1.165) is 11.1 Å². The van der Waals surface area contributed by atoms with Crippen molar-refractivity contribution in [3.05, 3.63) is 34.9 Å². The predicted octanol–water partition coefficient (Wildman–Crippen LogP) is 1.14. The number of amides is 1. The Morgan fingerprint density at radius 3 is 2.65 bits per heavy atom. The summed E-state index contributed by atoms with van der Waals surface area (Å²) in [7, 11) is 1.38. The van der Waals surface area contributed by atoms with E-state index in [1.807, 2.05) is 24.5 Å². The van der Waals surface area contributed by atoms with Gasteiger partial charge in [-0.05, 0) is 25.5 Å². The summed E-state index contributed by atoms with van der Waals surface area (Å²) in [5.74, 6) is -1.10. The van der Waals surface area contributed by atoms with Crippen LogP contribution in [0.4, 0.5) is 0 Å². The number of rotatable bonds is 3. The van der Waals surface area contributed by atoms with Gasteiger partial charge in [0.25, 0.3) is 5.91 Å². The topological polar surface area (TPSA) is 64.6 Å². The number of nitrogens with one attached hydrogen (secondary N) is 1. The number of benzene rings is 1. The van der Waals surface area contributed by atoms with Gasteiger partial charge in [0.1, 0.15) is 6.61 Å². The van der Waals surface area contributed by atoms with Gasteiger partial charge in [0.05, 0.1) is 5.56 Å². The fourth-order valence-electron chi connectivity index (χ4n) is 1.27. The van der Waals surface area contributed by atoms with Crippen LogP contribution in [0.2, 0.25) is 0 Å². The molecule has 1 N–H and O–H groups in total. The first-order valence-corrected chi connectivity index (χ1v) is 5.11. The van der Waals surface area contributed by atoms with Crippen molar-refractivity contribution < 1.29 is 19.2 Å². The average molecular weight is 237 g/mol. The van der Waals surface area contributed by atoms with Crippen molar-refractivity contribution >= 4 is 11.9 Å². The van der Waals surface area contributed by atoms with Crippen molar-refractivity contribution in [3.63, 3.8) is 0 Å². The van der Waals surface area contributed by atoms with Crippen molar-refractivity contribution in [2.75, 3.05) is 13.7 Å². The van der Waals surface area contributed by atoms with Crippen LogP contribution in [0.5, 0.6) is 0 Å². The third-order valence-corrected chi connectivity index (χ3v) is 2.15. The van der Waals surface area contributed by atoms with Crippen molar-refractivity contribution in [1.82, 2.24) is 5.48 Å². The van der Waals surface area contributed by atoms with Crippen LogP contribution in [0.1, 0.15) is 21.5 Å². The minimum absolute atomic E-state index is 0.153. The fraction of sp³-hybridized carbons (Fsp3) is 0.333. The number of hydrogen-bond acceptors (Lipinski definition) is 4. The van der Waals surface area contributed by atoms with Gasteiger partial charge in [0, 0.05) is 7.11 Å². The van der Waals surface area contributed by atoms with E-state index in [1.165, 1.54) is 7.11 Å². The molecule has 0 radical (unpaired) electrons. The highest BCUT2D eigenvalue weighted by Gasteiger charge is 2.12. The number of hydroxylamine groups is 1. The zero-order valence-electron chi connectivity index (χ0n) is 10.1. The summed E-state index contributed by atoms with van der Waals surface area (Å²) in [4.78, 5) is 27.3. The largest absolute Gasteiger partial charge is 0.375 e. The molecule has 5 nitrogen and oxygen atoms in total. The SMILES string of the molecule is COCC(=O)NOC(=O)c1cc(C)ccc1C. The number of hydrogen-bond donors (Lipinski definition) is 1. The van der Waals surface area contributed by atoms with E-state index in [9.17, 15) is 9.59 Å². The molecule has 0 aliphatic rings. The molecule has 0 aliphatic heterocycles. The summed E-state index contributed by atoms with van der Waals surface area (Å²) < 4.78 is 4.58. The van der Waals surface area contributed by atoms with Crippen molar-refractivity contribution in [2.45, 2.75) is 13.8 Å². The smallest absolute Gasteiger partial charge is 0.363 e. The summed E-state index contributed by atoms with van der Waals surface area (Å²) in [5.41, 5.74) is 4.19. The second-order valence-corrected chi connectivity index (χ2v) is 3.67. The highest BCUT2D eigenvalue weighted by Crippen LogP contribution is 2.11. The predicted molar refractivity (Wildman–Crippen MR) is 61.4 cm³/mol. The molecule has 0 fully saturated rings. The molecule has 5 heteroatoms. The molecule has 1 aromatic rings. The van der Waals surface area contributed by atoms with Gasteiger partial charge in [-0.25, -0.2) is 4.79 Å². The van der Waals surface area contributed by atoms with E-state index in [2.05, 4.69) is 9.57 Å². The van der Waals surface area contributed by atoms with Crippen LogP contribution < -0.4 is 5.48 Å². The van der Waals surface area contributed by atoms with Gasteiger partial charge in [-0.1, -0.05) is 17.7 Å². The zero-order chi connectivity index (χ0) is 12.8. The van der Waals surface area contributed by atoms with Crippen LogP contribution >= 0.6 is 0 Å². The normalized spacial score (nSPS) is 9.82. The van der Waals surface area contributed by atoms with Crippen LogP contribution in [0.15, 0.2) is 18.2 Å². The lowest BCUT2D eigenvalue weighted by Crippen LogP contribution is -2.30. The molecule has 0 atom stereocenters. The van der Waals surface area contributed by atoms with Crippen LogP contribution in [-0.4, -0.2) is 25.6 Å². The number of carbonyl (C=O) groups is 2. The van der Waals surface area contributed by atoms with Gasteiger partial charge >= 0.3 is 5.97 Å². The number of ether oxygens (including phenoxy) is 1. The van der Waals surface area contributed by atoms with Crippen LogP contribution in [0.25, 0.3) is 0 Å². The van der Waals surface area contributed by atoms with E-state index in [-0.39, 0.29) is 6.61 Å². The van der Waals surface area contributed by atoms with E-state index < -0.39 is 11.9 Å². The molecule has 1 rings (SSSR count). The monoisotopic (exact) mass is 237 g/mol. The van der Waals surface area contributed by atoms with Crippen LogP contribution in [0.3, 0.4) is 0 Å². The van der Waals surface area contributed by atoms with Crippen LogP contribution in [-0.2, 0) is 14.4 Å². The Hall–Kier alpha value is -1.88. The highest BCUT2D eigenvalue weighted by atomic mass is 16.7. The molecule has 0 aliphatic carbocycles. The van der Waals surface area contributed by atoms with E-state index in [4.69, 9.17) is 0 Å². The molecular formula is C12H15NO4. The minimum Gasteiger partial charge on any atom is -0.375 e. The van der Waals surface area contributed by atoms with Gasteiger partial charge in [-0.15, -0.1) is 0 Å². The van der Waals surface area contributed by atoms with Crippen molar-refractivity contribution in [2.24, 2.45) is 0 Å². The summed E-state index contributed by atoms with van der Waals surface area (Å²) >= 11 is 0. The first-order chi connectivity index (χ1) is 8.04. The maximum atomic E-state index is 11.6. The fourth-order valence-corrected chi connectivity index (χ4v) is 1.27. The molecule has 0 heterocycles. The van der Waals surface area contributed by atoms with E-state index >= 15 is 0 Å². The maximum absolute atomic E-state index is 11.6. The summed E-state index contributed by atoms with van der Waals surface area (Å²) in [5, 5.41) is 0. The molecule has 1 aromatic carbocycles. The second-order valence-electron chi connectivity index (χ2n) is 3.67. The summed E-state index contributed by atoms with van der Waals surface area (Å²) in [6.45, 7) is 3.52. The summed E-state index contributed by atoms with van der Waals surface area (Å²) in [6.07, 6.45) is 0. The lowest BCUT2D eigenvalue weighted by atomic mass is 10.1. The Morgan fingerprint density at radius 2 is 2.00 bits per heavy atom. The minimum atomic E-state index is -0.587. The lowest BCUT2D eigenvalue weighted by Gasteiger charge is -2.07. The highest BCUT2D eigenvalue weighted by molar-refractivity contribution is 5.92. The Labute approximate surface area is 99.7 Å². The zero-order valence-corrected chi connectivity index (χ0v) is 10.1. The molecule has 17 heavy (non-hydrogen) atoms. The molecule has 0 saturated carbocycles. The molecule has 92 valence electrons. The Balaban J connectivity index is 2.64. The third-order valence-electron chi connectivity index (χ3n) is 2.15.